The van der Waals surface area contributed by atoms with Crippen molar-refractivity contribution in [2.75, 3.05) is 24.6 Å². The van der Waals surface area contributed by atoms with E-state index in [0.717, 1.165) is 0 Å². The standard InChI is InChI=1S/C10H15BrN2O5S2/c11-10-9(6-8(7-12)18-10)20(16,17)13-2-1-4-19(14,15)5-3-13/h6H,1-5,7,12H2. The Kier molecular flexibility index (Phi) is 4.59. The van der Waals surface area contributed by atoms with Crippen LogP contribution in [0.2, 0.25) is 0 Å². The van der Waals surface area contributed by atoms with Crippen LogP contribution < -0.4 is 5.73 Å². The minimum Gasteiger partial charge on any atom is -0.452 e. The van der Waals surface area contributed by atoms with E-state index in [1.807, 2.05) is 0 Å². The molecule has 1 aliphatic heterocycles. The van der Waals surface area contributed by atoms with Gasteiger partial charge in [0.25, 0.3) is 0 Å². The molecular formula is C10H15BrN2O5S2. The van der Waals surface area contributed by atoms with Crippen molar-refractivity contribution in [1.82, 2.24) is 4.31 Å². The first-order valence-corrected chi connectivity index (χ1v) is 10.0. The van der Waals surface area contributed by atoms with Crippen LogP contribution in [0.4, 0.5) is 0 Å². The molecule has 0 atom stereocenters. The first-order chi connectivity index (χ1) is 9.26. The van der Waals surface area contributed by atoms with Gasteiger partial charge in [-0.15, -0.1) is 0 Å². The highest BCUT2D eigenvalue weighted by Crippen LogP contribution is 2.29. The average molecular weight is 387 g/mol. The van der Waals surface area contributed by atoms with Crippen molar-refractivity contribution < 1.29 is 21.3 Å². The van der Waals surface area contributed by atoms with Crippen LogP contribution in [0.1, 0.15) is 12.2 Å². The van der Waals surface area contributed by atoms with Crippen molar-refractivity contribution >= 4 is 35.8 Å². The van der Waals surface area contributed by atoms with Gasteiger partial charge in [0.2, 0.25) is 10.0 Å². The van der Waals surface area contributed by atoms with Crippen LogP contribution in [0.3, 0.4) is 0 Å². The SMILES string of the molecule is NCc1cc(S(=O)(=O)N2CCCS(=O)(=O)CC2)c(Br)o1. The quantitative estimate of drug-likeness (QED) is 0.799. The second-order valence-corrected chi connectivity index (χ2v) is 9.39. The molecule has 1 aromatic heterocycles. The molecule has 0 amide bonds. The molecule has 10 heteroatoms. The van der Waals surface area contributed by atoms with Gasteiger partial charge in [0.05, 0.1) is 18.1 Å². The smallest absolute Gasteiger partial charge is 0.247 e. The van der Waals surface area contributed by atoms with E-state index in [1.165, 1.54) is 10.4 Å². The maximum atomic E-state index is 12.5. The molecule has 1 aliphatic rings. The predicted octanol–water partition coefficient (Wildman–Crippen LogP) is 0.310. The lowest BCUT2D eigenvalue weighted by Crippen LogP contribution is -2.33. The Balaban J connectivity index is 2.32. The Morgan fingerprint density at radius 3 is 2.65 bits per heavy atom. The fourth-order valence-electron chi connectivity index (χ4n) is 1.97. The summed E-state index contributed by atoms with van der Waals surface area (Å²) in [7, 11) is -6.95. The number of sulfonamides is 1. The molecule has 1 fully saturated rings. The molecule has 2 heterocycles. The van der Waals surface area contributed by atoms with Crippen molar-refractivity contribution in [2.24, 2.45) is 5.73 Å². The number of nitrogens with zero attached hydrogens (tertiary/aromatic N) is 1. The topological polar surface area (TPSA) is 111 Å². The largest absolute Gasteiger partial charge is 0.452 e. The minimum atomic E-state index is -3.78. The minimum absolute atomic E-state index is 0.0135. The number of hydrogen-bond acceptors (Lipinski definition) is 6. The van der Waals surface area contributed by atoms with Gasteiger partial charge in [0.1, 0.15) is 10.7 Å². The van der Waals surface area contributed by atoms with E-state index in [0.29, 0.717) is 12.2 Å². The lowest BCUT2D eigenvalue weighted by atomic mass is 10.5. The Hall–Kier alpha value is -0.420. The molecular weight excluding hydrogens is 372 g/mol. The second-order valence-electron chi connectivity index (χ2n) is 4.46. The Morgan fingerprint density at radius 1 is 1.35 bits per heavy atom. The first-order valence-electron chi connectivity index (χ1n) is 5.95. The molecule has 2 N–H and O–H groups in total. The Bertz CT molecular complexity index is 695. The lowest BCUT2D eigenvalue weighted by Gasteiger charge is -2.18. The summed E-state index contributed by atoms with van der Waals surface area (Å²) in [6.07, 6.45) is 0.292. The van der Waals surface area contributed by atoms with Crippen molar-refractivity contribution in [2.45, 2.75) is 17.9 Å². The third-order valence-electron chi connectivity index (χ3n) is 3.04. The van der Waals surface area contributed by atoms with E-state index >= 15 is 0 Å². The zero-order valence-corrected chi connectivity index (χ0v) is 13.8. The molecule has 0 radical (unpaired) electrons. The molecule has 2 rings (SSSR count). The van der Waals surface area contributed by atoms with Crippen LogP contribution in [0.15, 0.2) is 20.0 Å². The third-order valence-corrected chi connectivity index (χ3v) is 7.51. The number of nitrogens with two attached hydrogens (primary N) is 1. The maximum Gasteiger partial charge on any atom is 0.247 e. The van der Waals surface area contributed by atoms with E-state index in [1.54, 1.807) is 0 Å². The summed E-state index contributed by atoms with van der Waals surface area (Å²) in [5.74, 6) is 0.198. The molecule has 20 heavy (non-hydrogen) atoms. The number of sulfone groups is 1. The average Bonchev–Trinajstić information content (AvgIpc) is 2.64. The monoisotopic (exact) mass is 386 g/mol. The zero-order valence-electron chi connectivity index (χ0n) is 10.6. The van der Waals surface area contributed by atoms with Crippen molar-refractivity contribution in [3.8, 4) is 0 Å². The molecule has 1 aromatic rings. The van der Waals surface area contributed by atoms with E-state index in [9.17, 15) is 16.8 Å². The first kappa shape index (κ1) is 16.0. The van der Waals surface area contributed by atoms with Crippen molar-refractivity contribution in [3.05, 3.63) is 16.5 Å². The third kappa shape index (κ3) is 3.25. The molecule has 0 spiro atoms. The van der Waals surface area contributed by atoms with E-state index in [2.05, 4.69) is 15.9 Å². The summed E-state index contributed by atoms with van der Waals surface area (Å²) in [6.45, 7) is 0.222. The fourth-order valence-corrected chi connectivity index (χ4v) is 5.80. The van der Waals surface area contributed by atoms with E-state index in [-0.39, 0.29) is 40.7 Å². The van der Waals surface area contributed by atoms with Gasteiger partial charge < -0.3 is 10.2 Å². The second kappa shape index (κ2) is 5.76. The van der Waals surface area contributed by atoms with E-state index in [4.69, 9.17) is 10.2 Å². The summed E-state index contributed by atoms with van der Waals surface area (Å²) in [6, 6.07) is 1.36. The highest BCUT2D eigenvalue weighted by Gasteiger charge is 2.32. The summed E-state index contributed by atoms with van der Waals surface area (Å²) in [5, 5.41) is 0. The van der Waals surface area contributed by atoms with Gasteiger partial charge in [-0.1, -0.05) is 0 Å². The van der Waals surface area contributed by atoms with Crippen molar-refractivity contribution in [1.29, 1.82) is 0 Å². The summed E-state index contributed by atoms with van der Waals surface area (Å²) in [4.78, 5) is -0.0164. The van der Waals surface area contributed by atoms with E-state index < -0.39 is 19.9 Å². The van der Waals surface area contributed by atoms with Crippen LogP contribution in [0.25, 0.3) is 0 Å². The van der Waals surface area contributed by atoms with Crippen LogP contribution in [-0.2, 0) is 26.4 Å². The van der Waals surface area contributed by atoms with Gasteiger partial charge in [0.15, 0.2) is 14.5 Å². The maximum absolute atomic E-state index is 12.5. The van der Waals surface area contributed by atoms with Crippen LogP contribution in [0.5, 0.6) is 0 Å². The summed E-state index contributed by atoms with van der Waals surface area (Å²) < 4.78 is 54.5. The van der Waals surface area contributed by atoms with Gasteiger partial charge in [-0.05, 0) is 22.4 Å². The predicted molar refractivity (Wildman–Crippen MR) is 76.3 cm³/mol. The van der Waals surface area contributed by atoms with Crippen molar-refractivity contribution in [3.63, 3.8) is 0 Å². The summed E-state index contributed by atoms with van der Waals surface area (Å²) in [5.41, 5.74) is 5.41. The summed E-state index contributed by atoms with van der Waals surface area (Å²) >= 11 is 3.06. The molecule has 0 unspecified atom stereocenters. The van der Waals surface area contributed by atoms with Crippen LogP contribution in [0, 0.1) is 0 Å². The molecule has 0 aromatic carbocycles. The van der Waals surface area contributed by atoms with Gasteiger partial charge in [-0.2, -0.15) is 4.31 Å². The normalized spacial score (nSPS) is 20.7. The Labute approximate surface area is 126 Å². The van der Waals surface area contributed by atoms with Gasteiger partial charge in [-0.3, -0.25) is 0 Å². The molecule has 1 saturated heterocycles. The number of rotatable bonds is 3. The fraction of sp³-hybridized carbons (Fsp3) is 0.600. The Morgan fingerprint density at radius 2 is 2.05 bits per heavy atom. The molecule has 7 nitrogen and oxygen atoms in total. The zero-order chi connectivity index (χ0) is 15.0. The number of halogens is 1. The highest BCUT2D eigenvalue weighted by molar-refractivity contribution is 9.10. The molecule has 0 bridgehead atoms. The highest BCUT2D eigenvalue weighted by atomic mass is 79.9. The lowest BCUT2D eigenvalue weighted by molar-refractivity contribution is 0.431. The molecule has 114 valence electrons. The van der Waals surface area contributed by atoms with Gasteiger partial charge in [0, 0.05) is 19.2 Å². The van der Waals surface area contributed by atoms with Crippen LogP contribution in [-0.4, -0.2) is 45.7 Å². The van der Waals surface area contributed by atoms with Gasteiger partial charge >= 0.3 is 0 Å². The van der Waals surface area contributed by atoms with Crippen LogP contribution >= 0.6 is 15.9 Å². The molecule has 0 aliphatic carbocycles. The molecule has 0 saturated carbocycles. The number of furan rings is 1. The number of hydrogen-bond donors (Lipinski definition) is 1. The van der Waals surface area contributed by atoms with Gasteiger partial charge in [-0.25, -0.2) is 16.8 Å².